The topological polar surface area (TPSA) is 35.6 Å². The van der Waals surface area contributed by atoms with Crippen molar-refractivity contribution in [3.8, 4) is 0 Å². The summed E-state index contributed by atoms with van der Waals surface area (Å²) >= 11 is 0. The van der Waals surface area contributed by atoms with Crippen LogP contribution in [0.2, 0.25) is 0 Å². The third-order valence-electron chi connectivity index (χ3n) is 7.37. The number of amides is 1. The fraction of sp³-hybridized carbons (Fsp3) is 0.667. The van der Waals surface area contributed by atoms with E-state index in [1.165, 1.54) is 24.0 Å². The zero-order valence-electron chi connectivity index (χ0n) is 15.2. The van der Waals surface area contributed by atoms with Crippen molar-refractivity contribution in [1.82, 2.24) is 15.1 Å². The van der Waals surface area contributed by atoms with Crippen molar-refractivity contribution in [2.45, 2.75) is 44.2 Å². The molecule has 0 aromatic heterocycles. The van der Waals surface area contributed by atoms with Gasteiger partial charge in [0.15, 0.2) is 0 Å². The van der Waals surface area contributed by atoms with Gasteiger partial charge < -0.3 is 10.2 Å². The SMILES string of the molecule is Cc1ccccc1[C@H]1[C@H]2CNC[C@H]2CN1C(=O)C12CCCN1CCC2. The van der Waals surface area contributed by atoms with E-state index in [1.807, 2.05) is 0 Å². The number of aryl methyl sites for hydroxylation is 1. The highest BCUT2D eigenvalue weighted by Crippen LogP contribution is 2.48. The number of nitrogens with one attached hydrogen (secondary N) is 1. The summed E-state index contributed by atoms with van der Waals surface area (Å²) in [5, 5.41) is 3.57. The predicted molar refractivity (Wildman–Crippen MR) is 98.3 cm³/mol. The van der Waals surface area contributed by atoms with Gasteiger partial charge in [-0.1, -0.05) is 24.3 Å². The van der Waals surface area contributed by atoms with E-state index in [9.17, 15) is 4.79 Å². The molecule has 0 radical (unpaired) electrons. The lowest BCUT2D eigenvalue weighted by Crippen LogP contribution is -2.54. The van der Waals surface area contributed by atoms with Crippen LogP contribution in [0.15, 0.2) is 24.3 Å². The summed E-state index contributed by atoms with van der Waals surface area (Å²) in [6, 6.07) is 8.95. The second kappa shape index (κ2) is 5.82. The Balaban J connectivity index is 1.53. The van der Waals surface area contributed by atoms with Crippen LogP contribution in [0, 0.1) is 18.8 Å². The summed E-state index contributed by atoms with van der Waals surface area (Å²) < 4.78 is 0. The van der Waals surface area contributed by atoms with Crippen LogP contribution in [0.1, 0.15) is 42.9 Å². The molecule has 4 heteroatoms. The lowest BCUT2D eigenvalue weighted by Gasteiger charge is -2.38. The molecule has 4 aliphatic heterocycles. The van der Waals surface area contributed by atoms with E-state index in [0.29, 0.717) is 17.7 Å². The Hall–Kier alpha value is -1.39. The Morgan fingerprint density at radius 3 is 2.68 bits per heavy atom. The third kappa shape index (κ3) is 2.23. The van der Waals surface area contributed by atoms with Crippen LogP contribution in [-0.2, 0) is 4.79 Å². The first-order valence-electron chi connectivity index (χ1n) is 10.0. The minimum Gasteiger partial charge on any atom is -0.333 e. The highest BCUT2D eigenvalue weighted by molar-refractivity contribution is 5.88. The largest absolute Gasteiger partial charge is 0.333 e. The molecule has 1 aromatic carbocycles. The van der Waals surface area contributed by atoms with E-state index in [-0.39, 0.29) is 11.6 Å². The molecule has 3 atom stereocenters. The Morgan fingerprint density at radius 1 is 1.16 bits per heavy atom. The average molecular weight is 339 g/mol. The summed E-state index contributed by atoms with van der Waals surface area (Å²) in [6.45, 7) is 7.47. The average Bonchev–Trinajstić information content (AvgIpc) is 3.34. The third-order valence-corrected chi connectivity index (χ3v) is 7.37. The van der Waals surface area contributed by atoms with Gasteiger partial charge in [-0.05, 0) is 62.7 Å². The zero-order valence-corrected chi connectivity index (χ0v) is 15.2. The van der Waals surface area contributed by atoms with Crippen molar-refractivity contribution in [3.05, 3.63) is 35.4 Å². The van der Waals surface area contributed by atoms with E-state index < -0.39 is 0 Å². The van der Waals surface area contributed by atoms with Gasteiger partial charge in [-0.25, -0.2) is 0 Å². The summed E-state index contributed by atoms with van der Waals surface area (Å²) in [5.41, 5.74) is 2.52. The van der Waals surface area contributed by atoms with E-state index in [2.05, 4.69) is 46.3 Å². The van der Waals surface area contributed by atoms with E-state index >= 15 is 0 Å². The molecule has 0 aliphatic carbocycles. The molecule has 0 spiro atoms. The number of fused-ring (bicyclic) bond motifs is 2. The van der Waals surface area contributed by atoms with Crippen LogP contribution >= 0.6 is 0 Å². The van der Waals surface area contributed by atoms with Crippen molar-refractivity contribution in [1.29, 1.82) is 0 Å². The molecule has 0 bridgehead atoms. The van der Waals surface area contributed by atoms with Gasteiger partial charge in [0.25, 0.3) is 0 Å². The zero-order chi connectivity index (χ0) is 17.0. The number of rotatable bonds is 2. The molecule has 0 saturated carbocycles. The molecule has 4 aliphatic rings. The number of nitrogens with zero attached hydrogens (tertiary/aromatic N) is 2. The highest BCUT2D eigenvalue weighted by Gasteiger charge is 2.56. The standard InChI is InChI=1S/C21H29N3O/c1-15-6-2-3-7-17(15)19-18-13-22-12-16(18)14-24(19)20(25)21-8-4-10-23(21)11-5-9-21/h2-3,6-7,16,18-19,22H,4-5,8-14H2,1H3/t16-,18-,19-/m0/s1. The molecule has 5 rings (SSSR count). The monoisotopic (exact) mass is 339 g/mol. The number of carbonyl (C=O) groups excluding carboxylic acids is 1. The molecular weight excluding hydrogens is 310 g/mol. The minimum absolute atomic E-state index is 0.174. The van der Waals surface area contributed by atoms with Crippen LogP contribution in [0.25, 0.3) is 0 Å². The van der Waals surface area contributed by atoms with Crippen LogP contribution in [0.4, 0.5) is 0 Å². The Kier molecular flexibility index (Phi) is 3.68. The molecular formula is C21H29N3O. The second-order valence-electron chi connectivity index (χ2n) is 8.57. The van der Waals surface area contributed by atoms with Crippen molar-refractivity contribution < 1.29 is 4.79 Å². The first-order valence-corrected chi connectivity index (χ1v) is 10.0. The van der Waals surface area contributed by atoms with E-state index in [1.54, 1.807) is 0 Å². The molecule has 0 unspecified atom stereocenters. The van der Waals surface area contributed by atoms with Gasteiger partial charge in [-0.15, -0.1) is 0 Å². The van der Waals surface area contributed by atoms with Gasteiger partial charge in [0.1, 0.15) is 5.54 Å². The van der Waals surface area contributed by atoms with Crippen molar-refractivity contribution in [2.24, 2.45) is 11.8 Å². The molecule has 4 fully saturated rings. The quantitative estimate of drug-likeness (QED) is 0.898. The number of hydrogen-bond acceptors (Lipinski definition) is 3. The molecule has 1 aromatic rings. The van der Waals surface area contributed by atoms with Gasteiger partial charge in [0.2, 0.25) is 5.91 Å². The first-order chi connectivity index (χ1) is 12.2. The van der Waals surface area contributed by atoms with Gasteiger partial charge >= 0.3 is 0 Å². The fourth-order valence-electron chi connectivity index (χ4n) is 6.17. The molecule has 4 heterocycles. The molecule has 134 valence electrons. The fourth-order valence-corrected chi connectivity index (χ4v) is 6.17. The molecule has 25 heavy (non-hydrogen) atoms. The lowest BCUT2D eigenvalue weighted by molar-refractivity contribution is -0.143. The number of benzene rings is 1. The summed E-state index contributed by atoms with van der Waals surface area (Å²) in [6.07, 6.45) is 4.50. The van der Waals surface area contributed by atoms with Crippen LogP contribution in [-0.4, -0.2) is 54.0 Å². The maximum Gasteiger partial charge on any atom is 0.243 e. The van der Waals surface area contributed by atoms with Crippen LogP contribution in [0.3, 0.4) is 0 Å². The normalized spacial score (nSPS) is 33.6. The molecule has 1 N–H and O–H groups in total. The van der Waals surface area contributed by atoms with E-state index in [4.69, 9.17) is 0 Å². The highest BCUT2D eigenvalue weighted by atomic mass is 16.2. The van der Waals surface area contributed by atoms with Gasteiger partial charge in [0, 0.05) is 25.6 Å². The van der Waals surface area contributed by atoms with Crippen molar-refractivity contribution in [3.63, 3.8) is 0 Å². The maximum absolute atomic E-state index is 13.8. The molecule has 4 saturated heterocycles. The maximum atomic E-state index is 13.8. The van der Waals surface area contributed by atoms with Crippen LogP contribution < -0.4 is 5.32 Å². The first kappa shape index (κ1) is 15.8. The van der Waals surface area contributed by atoms with Crippen molar-refractivity contribution in [2.75, 3.05) is 32.7 Å². The smallest absolute Gasteiger partial charge is 0.243 e. The second-order valence-corrected chi connectivity index (χ2v) is 8.57. The number of carbonyl (C=O) groups is 1. The molecule has 4 nitrogen and oxygen atoms in total. The summed E-state index contributed by atoms with van der Waals surface area (Å²) in [7, 11) is 0. The van der Waals surface area contributed by atoms with Gasteiger partial charge in [-0.3, -0.25) is 9.69 Å². The summed E-state index contributed by atoms with van der Waals surface area (Å²) in [4.78, 5) is 18.6. The lowest BCUT2D eigenvalue weighted by atomic mass is 9.86. The Labute approximate surface area is 150 Å². The van der Waals surface area contributed by atoms with E-state index in [0.717, 1.165) is 45.6 Å². The Morgan fingerprint density at radius 2 is 1.92 bits per heavy atom. The van der Waals surface area contributed by atoms with Gasteiger partial charge in [0.05, 0.1) is 6.04 Å². The van der Waals surface area contributed by atoms with Crippen molar-refractivity contribution >= 4 is 5.91 Å². The van der Waals surface area contributed by atoms with Gasteiger partial charge in [-0.2, -0.15) is 0 Å². The summed E-state index contributed by atoms with van der Waals surface area (Å²) in [5.74, 6) is 1.61. The van der Waals surface area contributed by atoms with Crippen LogP contribution in [0.5, 0.6) is 0 Å². The predicted octanol–water partition coefficient (Wildman–Crippen LogP) is 2.34. The number of likely N-dealkylation sites (tertiary alicyclic amines) is 1. The Bertz CT molecular complexity index is 677. The number of hydrogen-bond donors (Lipinski definition) is 1. The molecule has 1 amide bonds. The minimum atomic E-state index is -0.174.